The summed E-state index contributed by atoms with van der Waals surface area (Å²) in [5.74, 6) is 1.00. The SMILES string of the molecule is CNC(C#N)CN(C)Cc1nccn1C. The Balaban J connectivity index is 2.46. The lowest BCUT2D eigenvalue weighted by Gasteiger charge is -2.18. The van der Waals surface area contributed by atoms with Crippen molar-refractivity contribution in [3.8, 4) is 6.07 Å². The molecule has 5 heteroatoms. The number of nitriles is 1. The Labute approximate surface area is 90.3 Å². The van der Waals surface area contributed by atoms with Crippen molar-refractivity contribution in [1.29, 1.82) is 5.26 Å². The van der Waals surface area contributed by atoms with Gasteiger partial charge < -0.3 is 9.88 Å². The molecule has 0 aliphatic rings. The van der Waals surface area contributed by atoms with Gasteiger partial charge in [0.05, 0.1) is 12.6 Å². The van der Waals surface area contributed by atoms with Crippen molar-refractivity contribution >= 4 is 0 Å². The van der Waals surface area contributed by atoms with Gasteiger partial charge in [-0.05, 0) is 14.1 Å². The topological polar surface area (TPSA) is 56.9 Å². The van der Waals surface area contributed by atoms with Gasteiger partial charge in [-0.1, -0.05) is 0 Å². The number of imidazole rings is 1. The first kappa shape index (κ1) is 11.7. The fraction of sp³-hybridized carbons (Fsp3) is 0.600. The second-order valence-corrected chi connectivity index (χ2v) is 3.62. The standard InChI is InChI=1S/C10H17N5/c1-12-9(6-11)7-14(2)8-10-13-4-5-15(10)3/h4-5,9,12H,7-8H2,1-3H3. The summed E-state index contributed by atoms with van der Waals surface area (Å²) >= 11 is 0. The summed E-state index contributed by atoms with van der Waals surface area (Å²) in [6, 6.07) is 2.07. The lowest BCUT2D eigenvalue weighted by molar-refractivity contribution is 0.298. The molecule has 0 fully saturated rings. The van der Waals surface area contributed by atoms with Crippen LogP contribution < -0.4 is 5.32 Å². The first-order chi connectivity index (χ1) is 7.17. The van der Waals surface area contributed by atoms with E-state index in [1.54, 1.807) is 13.2 Å². The van der Waals surface area contributed by atoms with Crippen molar-refractivity contribution in [3.63, 3.8) is 0 Å². The zero-order chi connectivity index (χ0) is 11.3. The lowest BCUT2D eigenvalue weighted by atomic mass is 10.3. The Morgan fingerprint density at radius 1 is 1.73 bits per heavy atom. The van der Waals surface area contributed by atoms with Crippen LogP contribution in [-0.4, -0.2) is 41.1 Å². The van der Waals surface area contributed by atoms with Gasteiger partial charge in [0.15, 0.2) is 0 Å². The normalized spacial score (nSPS) is 12.7. The first-order valence-electron chi connectivity index (χ1n) is 4.89. The van der Waals surface area contributed by atoms with E-state index in [2.05, 4.69) is 21.3 Å². The molecule has 0 aliphatic heterocycles. The van der Waals surface area contributed by atoms with Crippen LogP contribution >= 0.6 is 0 Å². The Bertz CT molecular complexity index is 338. The van der Waals surface area contributed by atoms with Crippen LogP contribution in [-0.2, 0) is 13.6 Å². The largest absolute Gasteiger partial charge is 0.337 e. The van der Waals surface area contributed by atoms with Gasteiger partial charge >= 0.3 is 0 Å². The highest BCUT2D eigenvalue weighted by Gasteiger charge is 2.10. The number of likely N-dealkylation sites (N-methyl/N-ethyl adjacent to an activating group) is 2. The van der Waals surface area contributed by atoms with Crippen LogP contribution in [0.4, 0.5) is 0 Å². The number of hydrogen-bond donors (Lipinski definition) is 1. The molecule has 0 amide bonds. The average molecular weight is 207 g/mol. The van der Waals surface area contributed by atoms with Gasteiger partial charge in [0, 0.05) is 26.0 Å². The predicted octanol–water partition coefficient (Wildman–Crippen LogP) is -0.0365. The molecule has 0 saturated heterocycles. The van der Waals surface area contributed by atoms with E-state index in [9.17, 15) is 0 Å². The van der Waals surface area contributed by atoms with Gasteiger partial charge in [-0.2, -0.15) is 5.26 Å². The van der Waals surface area contributed by atoms with Crippen LogP contribution in [0.1, 0.15) is 5.82 Å². The molecule has 1 aromatic heterocycles. The van der Waals surface area contributed by atoms with Crippen LogP contribution in [0.3, 0.4) is 0 Å². The van der Waals surface area contributed by atoms with Crippen LogP contribution in [0.5, 0.6) is 0 Å². The Hall–Kier alpha value is -1.38. The van der Waals surface area contributed by atoms with Gasteiger partial charge in [0.25, 0.3) is 0 Å². The lowest BCUT2D eigenvalue weighted by Crippen LogP contribution is -2.36. The van der Waals surface area contributed by atoms with Gasteiger partial charge in [-0.15, -0.1) is 0 Å². The number of hydrogen-bond acceptors (Lipinski definition) is 4. The second-order valence-electron chi connectivity index (χ2n) is 3.62. The van der Waals surface area contributed by atoms with Crippen molar-refractivity contribution in [2.75, 3.05) is 20.6 Å². The molecule has 1 atom stereocenters. The summed E-state index contributed by atoms with van der Waals surface area (Å²) in [5, 5.41) is 11.7. The molecule has 0 bridgehead atoms. The maximum Gasteiger partial charge on any atom is 0.122 e. The zero-order valence-electron chi connectivity index (χ0n) is 9.44. The summed E-state index contributed by atoms with van der Waals surface area (Å²) < 4.78 is 1.98. The number of rotatable bonds is 5. The fourth-order valence-electron chi connectivity index (χ4n) is 1.36. The third kappa shape index (κ3) is 3.35. The predicted molar refractivity (Wildman–Crippen MR) is 58.0 cm³/mol. The maximum atomic E-state index is 8.80. The van der Waals surface area contributed by atoms with E-state index in [0.29, 0.717) is 6.54 Å². The highest BCUT2D eigenvalue weighted by atomic mass is 15.2. The summed E-state index contributed by atoms with van der Waals surface area (Å²) in [4.78, 5) is 6.31. The molecule has 0 saturated carbocycles. The van der Waals surface area contributed by atoms with Gasteiger partial charge in [0.2, 0.25) is 0 Å². The van der Waals surface area contributed by atoms with E-state index in [1.165, 1.54) is 0 Å². The van der Waals surface area contributed by atoms with Crippen molar-refractivity contribution in [3.05, 3.63) is 18.2 Å². The van der Waals surface area contributed by atoms with E-state index >= 15 is 0 Å². The smallest absolute Gasteiger partial charge is 0.122 e. The van der Waals surface area contributed by atoms with Crippen LogP contribution in [0.15, 0.2) is 12.4 Å². The molecule has 1 N–H and O–H groups in total. The monoisotopic (exact) mass is 207 g/mol. The van der Waals surface area contributed by atoms with E-state index in [4.69, 9.17) is 5.26 Å². The molecule has 1 unspecified atom stereocenters. The average Bonchev–Trinajstić information content (AvgIpc) is 2.61. The maximum absolute atomic E-state index is 8.80. The highest BCUT2D eigenvalue weighted by molar-refractivity contribution is 4.94. The molecule has 1 rings (SSSR count). The summed E-state index contributed by atoms with van der Waals surface area (Å²) in [6.45, 7) is 1.45. The molecule has 1 aromatic rings. The molecule has 1 heterocycles. The number of aryl methyl sites for hydroxylation is 1. The van der Waals surface area contributed by atoms with Crippen molar-refractivity contribution in [2.45, 2.75) is 12.6 Å². The highest BCUT2D eigenvalue weighted by Crippen LogP contribution is 1.99. The van der Waals surface area contributed by atoms with Crippen molar-refractivity contribution in [1.82, 2.24) is 19.8 Å². The second kappa shape index (κ2) is 5.49. The molecular formula is C10H17N5. The summed E-state index contributed by atoms with van der Waals surface area (Å²) in [7, 11) is 5.74. The number of aromatic nitrogens is 2. The van der Waals surface area contributed by atoms with Gasteiger partial charge in [0.1, 0.15) is 11.9 Å². The number of nitrogens with zero attached hydrogens (tertiary/aromatic N) is 4. The molecule has 0 radical (unpaired) electrons. The summed E-state index contributed by atoms with van der Waals surface area (Å²) in [6.07, 6.45) is 3.70. The molecular weight excluding hydrogens is 190 g/mol. The van der Waals surface area contributed by atoms with Crippen LogP contribution in [0.25, 0.3) is 0 Å². The number of nitrogens with one attached hydrogen (secondary N) is 1. The minimum Gasteiger partial charge on any atom is -0.337 e. The minimum atomic E-state index is -0.129. The van der Waals surface area contributed by atoms with E-state index in [0.717, 1.165) is 12.4 Å². The van der Waals surface area contributed by atoms with E-state index in [-0.39, 0.29) is 6.04 Å². The molecule has 82 valence electrons. The van der Waals surface area contributed by atoms with Crippen LogP contribution in [0.2, 0.25) is 0 Å². The molecule has 0 aliphatic carbocycles. The molecule has 0 spiro atoms. The Morgan fingerprint density at radius 3 is 2.93 bits per heavy atom. The third-order valence-electron chi connectivity index (χ3n) is 2.33. The van der Waals surface area contributed by atoms with Crippen molar-refractivity contribution < 1.29 is 0 Å². The Kier molecular flexibility index (Phi) is 4.28. The summed E-state index contributed by atoms with van der Waals surface area (Å²) in [5.41, 5.74) is 0. The fourth-order valence-corrected chi connectivity index (χ4v) is 1.36. The molecule has 5 nitrogen and oxygen atoms in total. The zero-order valence-corrected chi connectivity index (χ0v) is 9.44. The molecule has 0 aromatic carbocycles. The van der Waals surface area contributed by atoms with Crippen molar-refractivity contribution in [2.24, 2.45) is 7.05 Å². The molecule has 15 heavy (non-hydrogen) atoms. The minimum absolute atomic E-state index is 0.129. The van der Waals surface area contributed by atoms with Gasteiger partial charge in [-0.3, -0.25) is 4.90 Å². The Morgan fingerprint density at radius 2 is 2.47 bits per heavy atom. The third-order valence-corrected chi connectivity index (χ3v) is 2.33. The van der Waals surface area contributed by atoms with E-state index in [1.807, 2.05) is 24.9 Å². The van der Waals surface area contributed by atoms with Gasteiger partial charge in [-0.25, -0.2) is 4.98 Å². The quantitative estimate of drug-likeness (QED) is 0.736. The first-order valence-corrected chi connectivity index (χ1v) is 4.89. The van der Waals surface area contributed by atoms with E-state index < -0.39 is 0 Å². The van der Waals surface area contributed by atoms with Crippen LogP contribution in [0, 0.1) is 11.3 Å².